The molecule has 1 saturated heterocycles. The third-order valence-electron chi connectivity index (χ3n) is 4.07. The van der Waals surface area contributed by atoms with Gasteiger partial charge in [0.2, 0.25) is 5.91 Å². The quantitative estimate of drug-likeness (QED) is 0.548. The summed E-state index contributed by atoms with van der Waals surface area (Å²) >= 11 is 6.33. The number of amides is 2. The van der Waals surface area contributed by atoms with E-state index in [2.05, 4.69) is 5.32 Å². The molecule has 2 N–H and O–H groups in total. The molecule has 0 spiro atoms. The highest BCUT2D eigenvalue weighted by molar-refractivity contribution is 8.26. The molecule has 2 unspecified atom stereocenters. The second-order valence-corrected chi connectivity index (χ2v) is 7.62. The van der Waals surface area contributed by atoms with Crippen LogP contribution in [0.4, 0.5) is 0 Å². The molecule has 1 aliphatic heterocycles. The third-order valence-corrected chi connectivity index (χ3v) is 5.45. The van der Waals surface area contributed by atoms with Gasteiger partial charge in [-0.05, 0) is 17.6 Å². The van der Waals surface area contributed by atoms with Crippen LogP contribution in [0.25, 0.3) is 6.08 Å². The number of hydrogen-bond acceptors (Lipinski definition) is 5. The van der Waals surface area contributed by atoms with Crippen molar-refractivity contribution in [3.8, 4) is 0 Å². The van der Waals surface area contributed by atoms with Gasteiger partial charge in [0.1, 0.15) is 16.9 Å². The first-order chi connectivity index (χ1) is 12.3. The molecule has 8 heteroatoms. The SMILES string of the molecule is CCC(C)C(NC(=O)CN1C(=O)/C(=C\c2ccccc2)SC1=S)C(=O)O. The lowest BCUT2D eigenvalue weighted by atomic mass is 9.99. The Labute approximate surface area is 161 Å². The standard InChI is InChI=1S/C18H20N2O4S2/c1-3-11(2)15(17(23)24)19-14(21)10-20-16(22)13(26-18(20)25)9-12-7-5-4-6-8-12/h4-9,11,15H,3,10H2,1-2H3,(H,19,21)(H,23,24)/b13-9+. The van der Waals surface area contributed by atoms with Crippen molar-refractivity contribution in [3.05, 3.63) is 40.8 Å². The number of carboxylic acid groups (broad SMARTS) is 1. The van der Waals surface area contributed by atoms with E-state index in [0.717, 1.165) is 17.3 Å². The van der Waals surface area contributed by atoms with E-state index in [0.29, 0.717) is 11.3 Å². The number of carboxylic acids is 1. The minimum Gasteiger partial charge on any atom is -0.480 e. The predicted molar refractivity (Wildman–Crippen MR) is 105 cm³/mol. The van der Waals surface area contributed by atoms with Crippen molar-refractivity contribution in [1.29, 1.82) is 0 Å². The predicted octanol–water partition coefficient (Wildman–Crippen LogP) is 2.50. The fourth-order valence-corrected chi connectivity index (χ4v) is 3.64. The van der Waals surface area contributed by atoms with Crippen LogP contribution in [0, 0.1) is 5.92 Å². The van der Waals surface area contributed by atoms with Crippen LogP contribution in [-0.2, 0) is 14.4 Å². The van der Waals surface area contributed by atoms with Crippen molar-refractivity contribution < 1.29 is 19.5 Å². The summed E-state index contributed by atoms with van der Waals surface area (Å²) in [7, 11) is 0. The average molecular weight is 393 g/mol. The summed E-state index contributed by atoms with van der Waals surface area (Å²) in [6, 6.07) is 8.34. The third kappa shape index (κ3) is 4.92. The largest absolute Gasteiger partial charge is 0.480 e. The summed E-state index contributed by atoms with van der Waals surface area (Å²) in [4.78, 5) is 37.7. The van der Waals surface area contributed by atoms with Gasteiger partial charge in [0, 0.05) is 0 Å². The van der Waals surface area contributed by atoms with Gasteiger partial charge in [0.15, 0.2) is 0 Å². The van der Waals surface area contributed by atoms with E-state index in [-0.39, 0.29) is 22.7 Å². The van der Waals surface area contributed by atoms with Gasteiger partial charge in [0.05, 0.1) is 4.91 Å². The summed E-state index contributed by atoms with van der Waals surface area (Å²) in [5, 5.41) is 11.7. The van der Waals surface area contributed by atoms with Crippen LogP contribution in [0.2, 0.25) is 0 Å². The molecule has 2 atom stereocenters. The van der Waals surface area contributed by atoms with Crippen LogP contribution in [-0.4, -0.2) is 44.7 Å². The second kappa shape index (κ2) is 8.95. The maximum atomic E-state index is 12.5. The molecule has 1 aromatic rings. The number of carbonyl (C=O) groups excluding carboxylic acids is 2. The van der Waals surface area contributed by atoms with Crippen molar-refractivity contribution in [3.63, 3.8) is 0 Å². The van der Waals surface area contributed by atoms with Gasteiger partial charge >= 0.3 is 5.97 Å². The van der Waals surface area contributed by atoms with Crippen molar-refractivity contribution >= 4 is 52.2 Å². The number of nitrogens with one attached hydrogen (secondary N) is 1. The summed E-state index contributed by atoms with van der Waals surface area (Å²) in [5.41, 5.74) is 0.861. The maximum Gasteiger partial charge on any atom is 0.326 e. The van der Waals surface area contributed by atoms with Crippen LogP contribution >= 0.6 is 24.0 Å². The molecular weight excluding hydrogens is 372 g/mol. The average Bonchev–Trinajstić information content (AvgIpc) is 2.87. The molecule has 0 aromatic heterocycles. The molecule has 26 heavy (non-hydrogen) atoms. The molecule has 138 valence electrons. The van der Waals surface area contributed by atoms with Crippen LogP contribution in [0.15, 0.2) is 35.2 Å². The van der Waals surface area contributed by atoms with E-state index in [1.165, 1.54) is 4.90 Å². The Hall–Kier alpha value is -2.19. The lowest BCUT2D eigenvalue weighted by Gasteiger charge is -2.21. The second-order valence-electron chi connectivity index (χ2n) is 5.95. The highest BCUT2D eigenvalue weighted by atomic mass is 32.2. The number of aliphatic carboxylic acids is 1. The van der Waals surface area contributed by atoms with Gasteiger partial charge in [-0.1, -0.05) is 74.6 Å². The summed E-state index contributed by atoms with van der Waals surface area (Å²) in [6.45, 7) is 3.31. The van der Waals surface area contributed by atoms with Gasteiger partial charge in [-0.15, -0.1) is 0 Å². The van der Waals surface area contributed by atoms with E-state index in [1.54, 1.807) is 13.0 Å². The van der Waals surface area contributed by atoms with Crippen LogP contribution in [0.1, 0.15) is 25.8 Å². The van der Waals surface area contributed by atoms with E-state index in [9.17, 15) is 19.5 Å². The number of carbonyl (C=O) groups is 3. The molecule has 0 saturated carbocycles. The Balaban J connectivity index is 2.06. The van der Waals surface area contributed by atoms with Gasteiger partial charge in [-0.25, -0.2) is 4.79 Å². The topological polar surface area (TPSA) is 86.7 Å². The number of thioether (sulfide) groups is 1. The van der Waals surface area contributed by atoms with E-state index >= 15 is 0 Å². The minimum absolute atomic E-state index is 0.222. The highest BCUT2D eigenvalue weighted by Crippen LogP contribution is 2.32. The fourth-order valence-electron chi connectivity index (χ4n) is 2.38. The highest BCUT2D eigenvalue weighted by Gasteiger charge is 2.34. The van der Waals surface area contributed by atoms with Crippen molar-refractivity contribution in [2.75, 3.05) is 6.54 Å². The zero-order valence-corrected chi connectivity index (χ0v) is 16.1. The summed E-state index contributed by atoms with van der Waals surface area (Å²) in [6.07, 6.45) is 2.33. The summed E-state index contributed by atoms with van der Waals surface area (Å²) in [5.74, 6) is -2.22. The molecule has 0 bridgehead atoms. The molecule has 1 heterocycles. The van der Waals surface area contributed by atoms with Crippen LogP contribution in [0.3, 0.4) is 0 Å². The maximum absolute atomic E-state index is 12.5. The summed E-state index contributed by atoms with van der Waals surface area (Å²) < 4.78 is 0.280. The van der Waals surface area contributed by atoms with Crippen molar-refractivity contribution in [2.45, 2.75) is 26.3 Å². The number of thiocarbonyl (C=S) groups is 1. The molecule has 2 amide bonds. The Morgan fingerprint density at radius 1 is 1.35 bits per heavy atom. The molecule has 2 rings (SSSR count). The van der Waals surface area contributed by atoms with Crippen LogP contribution in [0.5, 0.6) is 0 Å². The van der Waals surface area contributed by atoms with Crippen molar-refractivity contribution in [1.82, 2.24) is 10.2 Å². The zero-order chi connectivity index (χ0) is 19.3. The van der Waals surface area contributed by atoms with Gasteiger partial charge in [0.25, 0.3) is 5.91 Å². The molecule has 1 aliphatic rings. The number of rotatable bonds is 7. The van der Waals surface area contributed by atoms with Crippen LogP contribution < -0.4 is 5.32 Å². The molecule has 0 radical (unpaired) electrons. The number of benzene rings is 1. The first kappa shape index (κ1) is 20.1. The lowest BCUT2D eigenvalue weighted by molar-refractivity contribution is -0.143. The van der Waals surface area contributed by atoms with Gasteiger partial charge < -0.3 is 10.4 Å². The Bertz CT molecular complexity index is 749. The van der Waals surface area contributed by atoms with E-state index < -0.39 is 17.9 Å². The van der Waals surface area contributed by atoms with E-state index in [4.69, 9.17) is 12.2 Å². The van der Waals surface area contributed by atoms with E-state index in [1.807, 2.05) is 37.3 Å². The first-order valence-electron chi connectivity index (χ1n) is 8.16. The lowest BCUT2D eigenvalue weighted by Crippen LogP contribution is -2.49. The van der Waals surface area contributed by atoms with Crippen molar-refractivity contribution in [2.24, 2.45) is 5.92 Å². The molecule has 0 aliphatic carbocycles. The Morgan fingerprint density at radius 3 is 2.58 bits per heavy atom. The first-order valence-corrected chi connectivity index (χ1v) is 9.38. The van der Waals surface area contributed by atoms with Gasteiger partial charge in [-0.2, -0.15) is 0 Å². The molecular formula is C18H20N2O4S2. The monoisotopic (exact) mass is 392 g/mol. The fraction of sp³-hybridized carbons (Fsp3) is 0.333. The molecule has 1 aromatic carbocycles. The Kier molecular flexibility index (Phi) is 6.93. The minimum atomic E-state index is -1.10. The molecule has 6 nitrogen and oxygen atoms in total. The Morgan fingerprint density at radius 2 is 2.00 bits per heavy atom. The number of nitrogens with zero attached hydrogens (tertiary/aromatic N) is 1. The van der Waals surface area contributed by atoms with Gasteiger partial charge in [-0.3, -0.25) is 14.5 Å². The molecule has 1 fully saturated rings. The normalized spacial score (nSPS) is 18.1. The zero-order valence-electron chi connectivity index (χ0n) is 14.5. The smallest absolute Gasteiger partial charge is 0.326 e. The number of hydrogen-bond donors (Lipinski definition) is 2.